The smallest absolute Gasteiger partial charge is 0.328 e. The molecule has 32 heavy (non-hydrogen) atoms. The standard InChI is InChI=1S/C22H21N5O5/c1-24-19-18(20(30)27(22(24)31)13-17(28)29)26-12-11-25(21(26)23-19)14-7-9-16(10-8-14)32-15-5-3-2-4-6-15/h2-10,18-19H,11-13H2,1H3,(H,28,29). The summed E-state index contributed by atoms with van der Waals surface area (Å²) in [6, 6.07) is 15.7. The van der Waals surface area contributed by atoms with E-state index in [1.807, 2.05) is 64.4 Å². The van der Waals surface area contributed by atoms with Crippen molar-refractivity contribution < 1.29 is 24.2 Å². The van der Waals surface area contributed by atoms with E-state index in [1.165, 1.54) is 11.9 Å². The molecule has 0 aliphatic carbocycles. The number of aliphatic carboxylic acids is 1. The summed E-state index contributed by atoms with van der Waals surface area (Å²) in [5.41, 5.74) is 0.883. The summed E-state index contributed by atoms with van der Waals surface area (Å²) in [5.74, 6) is 0.269. The van der Waals surface area contributed by atoms with Gasteiger partial charge in [-0.15, -0.1) is 0 Å². The van der Waals surface area contributed by atoms with Crippen molar-refractivity contribution in [2.75, 3.05) is 31.6 Å². The lowest BCUT2D eigenvalue weighted by molar-refractivity contribution is -0.146. The fourth-order valence-electron chi connectivity index (χ4n) is 4.28. The number of para-hydroxylation sites is 1. The zero-order valence-electron chi connectivity index (χ0n) is 17.3. The molecule has 1 N–H and O–H groups in total. The predicted octanol–water partition coefficient (Wildman–Crippen LogP) is 1.64. The van der Waals surface area contributed by atoms with Gasteiger partial charge in [0.15, 0.2) is 12.2 Å². The van der Waals surface area contributed by atoms with E-state index < -0.39 is 36.7 Å². The summed E-state index contributed by atoms with van der Waals surface area (Å²) >= 11 is 0. The Morgan fingerprint density at radius 3 is 2.44 bits per heavy atom. The van der Waals surface area contributed by atoms with Crippen LogP contribution in [-0.2, 0) is 9.59 Å². The largest absolute Gasteiger partial charge is 0.480 e. The van der Waals surface area contributed by atoms with Gasteiger partial charge in [0.05, 0.1) is 0 Å². The van der Waals surface area contributed by atoms with E-state index in [-0.39, 0.29) is 0 Å². The number of fused-ring (bicyclic) bond motifs is 3. The second-order valence-electron chi connectivity index (χ2n) is 7.75. The van der Waals surface area contributed by atoms with Crippen LogP contribution in [0.2, 0.25) is 0 Å². The average Bonchev–Trinajstić information content (AvgIpc) is 3.36. The number of amides is 3. The maximum Gasteiger partial charge on any atom is 0.328 e. The van der Waals surface area contributed by atoms with Gasteiger partial charge in [-0.1, -0.05) is 18.2 Å². The van der Waals surface area contributed by atoms with Crippen LogP contribution in [0.3, 0.4) is 0 Å². The molecule has 3 amide bonds. The third kappa shape index (κ3) is 3.20. The molecule has 2 atom stereocenters. The molecule has 3 aliphatic rings. The van der Waals surface area contributed by atoms with Crippen LogP contribution in [0.25, 0.3) is 0 Å². The molecule has 2 fully saturated rings. The Bertz CT molecular complexity index is 1100. The minimum Gasteiger partial charge on any atom is -0.480 e. The number of imide groups is 1. The number of guanidine groups is 1. The fraction of sp³-hybridized carbons (Fsp3) is 0.273. The first-order valence-corrected chi connectivity index (χ1v) is 10.2. The molecule has 10 heteroatoms. The number of nitrogens with zero attached hydrogens (tertiary/aromatic N) is 5. The topological polar surface area (TPSA) is 106 Å². The van der Waals surface area contributed by atoms with Crippen molar-refractivity contribution in [2.45, 2.75) is 12.2 Å². The van der Waals surface area contributed by atoms with Gasteiger partial charge in [-0.2, -0.15) is 0 Å². The van der Waals surface area contributed by atoms with E-state index >= 15 is 0 Å². The number of likely N-dealkylation sites (N-methyl/N-ethyl adjacent to an activating group) is 1. The number of hydrogen-bond donors (Lipinski definition) is 1. The summed E-state index contributed by atoms with van der Waals surface area (Å²) in [6.45, 7) is 0.489. The third-order valence-electron chi connectivity index (χ3n) is 5.80. The Labute approximate surface area is 183 Å². The van der Waals surface area contributed by atoms with Gasteiger partial charge in [0.1, 0.15) is 18.0 Å². The maximum atomic E-state index is 13.0. The molecule has 3 heterocycles. The quantitative estimate of drug-likeness (QED) is 0.761. The summed E-state index contributed by atoms with van der Waals surface area (Å²) in [5, 5.41) is 9.10. The number of carbonyl (C=O) groups excluding carboxylic acids is 2. The summed E-state index contributed by atoms with van der Waals surface area (Å²) in [6.07, 6.45) is -0.682. The van der Waals surface area contributed by atoms with E-state index in [2.05, 4.69) is 4.99 Å². The highest BCUT2D eigenvalue weighted by Crippen LogP contribution is 2.34. The van der Waals surface area contributed by atoms with E-state index in [0.29, 0.717) is 24.8 Å². The van der Waals surface area contributed by atoms with Gasteiger partial charge in [0, 0.05) is 25.8 Å². The van der Waals surface area contributed by atoms with Crippen molar-refractivity contribution in [2.24, 2.45) is 4.99 Å². The van der Waals surface area contributed by atoms with E-state index in [9.17, 15) is 14.4 Å². The number of hydrogen-bond acceptors (Lipinski definition) is 7. The molecule has 0 bridgehead atoms. The number of ether oxygens (including phenoxy) is 1. The highest BCUT2D eigenvalue weighted by atomic mass is 16.5. The monoisotopic (exact) mass is 435 g/mol. The molecule has 0 spiro atoms. The van der Waals surface area contributed by atoms with E-state index in [1.54, 1.807) is 0 Å². The van der Waals surface area contributed by atoms with E-state index in [4.69, 9.17) is 9.84 Å². The van der Waals surface area contributed by atoms with Crippen LogP contribution in [0.5, 0.6) is 11.5 Å². The van der Waals surface area contributed by atoms with Gasteiger partial charge in [-0.05, 0) is 36.4 Å². The van der Waals surface area contributed by atoms with Crippen LogP contribution >= 0.6 is 0 Å². The van der Waals surface area contributed by atoms with Gasteiger partial charge in [-0.3, -0.25) is 14.5 Å². The molecular formula is C22H21N5O5. The number of rotatable bonds is 5. The molecule has 10 nitrogen and oxygen atoms in total. The molecule has 5 rings (SSSR count). The Kier molecular flexibility index (Phi) is 4.69. The number of urea groups is 1. The van der Waals surface area contributed by atoms with E-state index in [0.717, 1.165) is 16.3 Å². The molecular weight excluding hydrogens is 414 g/mol. The van der Waals surface area contributed by atoms with Crippen LogP contribution in [-0.4, -0.2) is 82.6 Å². The van der Waals surface area contributed by atoms with Crippen molar-refractivity contribution in [1.82, 2.24) is 14.7 Å². The molecule has 164 valence electrons. The zero-order chi connectivity index (χ0) is 22.4. The summed E-state index contributed by atoms with van der Waals surface area (Å²) in [4.78, 5) is 47.2. The molecule has 2 aromatic rings. The molecule has 3 aliphatic heterocycles. The van der Waals surface area contributed by atoms with Crippen LogP contribution in [0.15, 0.2) is 59.6 Å². The van der Waals surface area contributed by atoms with Gasteiger partial charge in [0.2, 0.25) is 5.96 Å². The van der Waals surface area contributed by atoms with Crippen molar-refractivity contribution in [3.63, 3.8) is 0 Å². The first-order chi connectivity index (χ1) is 15.4. The molecule has 2 aromatic carbocycles. The first-order valence-electron chi connectivity index (χ1n) is 10.2. The Balaban J connectivity index is 1.37. The zero-order valence-corrected chi connectivity index (χ0v) is 17.3. The van der Waals surface area contributed by atoms with Gasteiger partial charge >= 0.3 is 12.0 Å². The molecule has 0 aromatic heterocycles. The van der Waals surface area contributed by atoms with Crippen LogP contribution in [0.4, 0.5) is 10.5 Å². The lowest BCUT2D eigenvalue weighted by atomic mass is 10.1. The van der Waals surface area contributed by atoms with Crippen LogP contribution < -0.4 is 9.64 Å². The first kappa shape index (κ1) is 19.9. The van der Waals surface area contributed by atoms with Gasteiger partial charge in [0.25, 0.3) is 5.91 Å². The number of benzene rings is 2. The van der Waals surface area contributed by atoms with Crippen molar-refractivity contribution in [1.29, 1.82) is 0 Å². The SMILES string of the molecule is CN1C(=O)N(CC(=O)O)C(=O)C2C1N=C1N(c3ccc(Oc4ccccc4)cc3)CCN12. The van der Waals surface area contributed by atoms with Gasteiger partial charge < -0.3 is 24.5 Å². The van der Waals surface area contributed by atoms with Crippen molar-refractivity contribution >= 4 is 29.6 Å². The lowest BCUT2D eigenvalue weighted by Crippen LogP contribution is -2.65. The second-order valence-corrected chi connectivity index (χ2v) is 7.75. The Hall–Kier alpha value is -4.08. The molecule has 0 saturated carbocycles. The number of carboxylic acids is 1. The Morgan fingerprint density at radius 2 is 1.75 bits per heavy atom. The van der Waals surface area contributed by atoms with Crippen LogP contribution in [0.1, 0.15) is 0 Å². The third-order valence-corrected chi connectivity index (χ3v) is 5.80. The highest BCUT2D eigenvalue weighted by Gasteiger charge is 2.54. The fourth-order valence-corrected chi connectivity index (χ4v) is 4.28. The van der Waals surface area contributed by atoms with Crippen LogP contribution in [0, 0.1) is 0 Å². The lowest BCUT2D eigenvalue weighted by Gasteiger charge is -2.39. The predicted molar refractivity (Wildman–Crippen MR) is 115 cm³/mol. The minimum absolute atomic E-state index is 0.535. The number of carbonyl (C=O) groups is 3. The molecule has 0 radical (unpaired) electrons. The molecule has 2 saturated heterocycles. The number of anilines is 1. The molecule has 2 unspecified atom stereocenters. The van der Waals surface area contributed by atoms with Crippen molar-refractivity contribution in [3.05, 3.63) is 54.6 Å². The maximum absolute atomic E-state index is 13.0. The normalized spacial score (nSPS) is 22.1. The number of carboxylic acid groups (broad SMARTS) is 1. The van der Waals surface area contributed by atoms with Crippen molar-refractivity contribution in [3.8, 4) is 11.5 Å². The summed E-state index contributed by atoms with van der Waals surface area (Å²) in [7, 11) is 1.54. The highest BCUT2D eigenvalue weighted by molar-refractivity contribution is 6.08. The summed E-state index contributed by atoms with van der Waals surface area (Å²) < 4.78 is 5.84. The van der Waals surface area contributed by atoms with Gasteiger partial charge in [-0.25, -0.2) is 9.79 Å². The Morgan fingerprint density at radius 1 is 1.06 bits per heavy atom. The average molecular weight is 435 g/mol. The minimum atomic E-state index is -1.24. The second kappa shape index (κ2) is 7.56. The number of aliphatic imine (C=N–C) groups is 1.